The molecule has 0 radical (unpaired) electrons. The lowest BCUT2D eigenvalue weighted by Gasteiger charge is -2.17. The summed E-state index contributed by atoms with van der Waals surface area (Å²) in [7, 11) is 0. The second kappa shape index (κ2) is 8.33. The highest BCUT2D eigenvalue weighted by atomic mass is 16.5. The lowest BCUT2D eigenvalue weighted by Crippen LogP contribution is -2.30. The van der Waals surface area contributed by atoms with Crippen LogP contribution in [0.2, 0.25) is 0 Å². The Kier molecular flexibility index (Phi) is 6.17. The van der Waals surface area contributed by atoms with Crippen LogP contribution in [0.4, 0.5) is 5.69 Å². The summed E-state index contributed by atoms with van der Waals surface area (Å²) < 4.78 is 10.7. The number of carbonyl (C=O) groups excluding carboxylic acids is 2. The molecule has 2 rings (SSSR count). The quantitative estimate of drug-likeness (QED) is 0.810. The Morgan fingerprint density at radius 3 is 2.44 bits per heavy atom. The van der Waals surface area contributed by atoms with Crippen LogP contribution < -0.4 is 10.1 Å². The fraction of sp³-hybridized carbons (Fsp3) is 0.300. The minimum Gasteiger partial charge on any atom is -0.481 e. The Balaban J connectivity index is 2.04. The minimum atomic E-state index is -0.648. The van der Waals surface area contributed by atoms with Crippen molar-refractivity contribution in [3.63, 3.8) is 0 Å². The van der Waals surface area contributed by atoms with Crippen LogP contribution in [0.15, 0.2) is 42.5 Å². The zero-order chi connectivity index (χ0) is 18.4. The van der Waals surface area contributed by atoms with E-state index < -0.39 is 6.10 Å². The molecule has 0 saturated heterocycles. The molecular weight excluding hydrogens is 318 g/mol. The first-order valence-electron chi connectivity index (χ1n) is 8.23. The highest BCUT2D eigenvalue weighted by molar-refractivity contribution is 5.96. The maximum atomic E-state index is 12.4. The SMILES string of the molecule is CCOC(=O)c1ccc(NC(=O)[C@@H](C)Oc2ccccc2C)c(C)c1. The Morgan fingerprint density at radius 1 is 1.08 bits per heavy atom. The van der Waals surface area contributed by atoms with Crippen LogP contribution >= 0.6 is 0 Å². The first kappa shape index (κ1) is 18.5. The lowest BCUT2D eigenvalue weighted by atomic mass is 10.1. The molecule has 0 spiro atoms. The summed E-state index contributed by atoms with van der Waals surface area (Å²) in [6.45, 7) is 7.53. The van der Waals surface area contributed by atoms with Gasteiger partial charge in [-0.15, -0.1) is 0 Å². The molecule has 1 N–H and O–H groups in total. The first-order valence-corrected chi connectivity index (χ1v) is 8.23. The molecule has 0 aliphatic heterocycles. The van der Waals surface area contributed by atoms with Crippen molar-refractivity contribution in [2.45, 2.75) is 33.8 Å². The number of rotatable bonds is 6. The van der Waals surface area contributed by atoms with Gasteiger partial charge < -0.3 is 14.8 Å². The fourth-order valence-corrected chi connectivity index (χ4v) is 2.31. The molecule has 0 aliphatic rings. The van der Waals surface area contributed by atoms with Crippen LogP contribution in [0.5, 0.6) is 5.75 Å². The van der Waals surface area contributed by atoms with Gasteiger partial charge in [-0.05, 0) is 63.1 Å². The van der Waals surface area contributed by atoms with Crippen LogP contribution in [0.3, 0.4) is 0 Å². The lowest BCUT2D eigenvalue weighted by molar-refractivity contribution is -0.122. The van der Waals surface area contributed by atoms with Gasteiger partial charge in [-0.25, -0.2) is 4.79 Å². The molecule has 25 heavy (non-hydrogen) atoms. The summed E-state index contributed by atoms with van der Waals surface area (Å²) in [6.07, 6.45) is -0.648. The number of carbonyl (C=O) groups is 2. The van der Waals surface area contributed by atoms with Gasteiger partial charge in [0.05, 0.1) is 12.2 Å². The van der Waals surface area contributed by atoms with E-state index in [2.05, 4.69) is 5.32 Å². The monoisotopic (exact) mass is 341 g/mol. The molecule has 0 saturated carbocycles. The van der Waals surface area contributed by atoms with Crippen LogP contribution in [0.25, 0.3) is 0 Å². The molecule has 132 valence electrons. The van der Waals surface area contributed by atoms with Gasteiger partial charge in [-0.3, -0.25) is 4.79 Å². The van der Waals surface area contributed by atoms with Gasteiger partial charge in [0.25, 0.3) is 5.91 Å². The second-order valence-corrected chi connectivity index (χ2v) is 5.76. The summed E-state index contributed by atoms with van der Waals surface area (Å²) >= 11 is 0. The fourth-order valence-electron chi connectivity index (χ4n) is 2.31. The van der Waals surface area contributed by atoms with Crippen molar-refractivity contribution in [3.05, 3.63) is 59.2 Å². The van der Waals surface area contributed by atoms with Gasteiger partial charge in [0.15, 0.2) is 6.10 Å². The van der Waals surface area contributed by atoms with Crippen molar-refractivity contribution in [2.24, 2.45) is 0 Å². The molecule has 2 aromatic rings. The van der Waals surface area contributed by atoms with E-state index in [4.69, 9.17) is 9.47 Å². The number of para-hydroxylation sites is 1. The van der Waals surface area contributed by atoms with Crippen molar-refractivity contribution < 1.29 is 19.1 Å². The number of esters is 1. The van der Waals surface area contributed by atoms with E-state index >= 15 is 0 Å². The van der Waals surface area contributed by atoms with E-state index in [-0.39, 0.29) is 11.9 Å². The standard InChI is InChI=1S/C20H23NO4/c1-5-24-20(23)16-10-11-17(14(3)12-16)21-19(22)15(4)25-18-9-7-6-8-13(18)2/h6-12,15H,5H2,1-4H3,(H,21,22)/t15-/m1/s1. The van der Waals surface area contributed by atoms with Crippen molar-refractivity contribution in [2.75, 3.05) is 11.9 Å². The number of benzene rings is 2. The van der Waals surface area contributed by atoms with Crippen molar-refractivity contribution >= 4 is 17.6 Å². The van der Waals surface area contributed by atoms with E-state index in [0.717, 1.165) is 11.1 Å². The van der Waals surface area contributed by atoms with E-state index in [1.54, 1.807) is 32.0 Å². The summed E-state index contributed by atoms with van der Waals surface area (Å²) in [5.41, 5.74) is 2.85. The summed E-state index contributed by atoms with van der Waals surface area (Å²) in [5.74, 6) is 0.0505. The molecule has 1 atom stereocenters. The topological polar surface area (TPSA) is 64.6 Å². The van der Waals surface area contributed by atoms with Gasteiger partial charge in [-0.1, -0.05) is 18.2 Å². The number of ether oxygens (including phenoxy) is 2. The van der Waals surface area contributed by atoms with E-state index in [1.807, 2.05) is 38.1 Å². The highest BCUT2D eigenvalue weighted by Gasteiger charge is 2.17. The number of aryl methyl sites for hydroxylation is 2. The summed E-state index contributed by atoms with van der Waals surface area (Å²) in [6, 6.07) is 12.6. The first-order chi connectivity index (χ1) is 11.9. The average Bonchev–Trinajstić information content (AvgIpc) is 2.58. The molecule has 2 aromatic carbocycles. The molecule has 5 nitrogen and oxygen atoms in total. The van der Waals surface area contributed by atoms with Crippen molar-refractivity contribution in [1.29, 1.82) is 0 Å². The summed E-state index contributed by atoms with van der Waals surface area (Å²) in [5, 5.41) is 2.83. The van der Waals surface area contributed by atoms with Crippen LogP contribution in [0.1, 0.15) is 35.3 Å². The zero-order valence-corrected chi connectivity index (χ0v) is 15.0. The number of nitrogens with one attached hydrogen (secondary N) is 1. The number of hydrogen-bond donors (Lipinski definition) is 1. The van der Waals surface area contributed by atoms with E-state index in [1.165, 1.54) is 0 Å². The largest absolute Gasteiger partial charge is 0.481 e. The Morgan fingerprint density at radius 2 is 1.80 bits per heavy atom. The zero-order valence-electron chi connectivity index (χ0n) is 15.0. The van der Waals surface area contributed by atoms with Crippen LogP contribution in [-0.4, -0.2) is 24.6 Å². The highest BCUT2D eigenvalue weighted by Crippen LogP contribution is 2.20. The maximum Gasteiger partial charge on any atom is 0.338 e. The normalized spacial score (nSPS) is 11.5. The third-order valence-corrected chi connectivity index (χ3v) is 3.76. The summed E-state index contributed by atoms with van der Waals surface area (Å²) in [4.78, 5) is 24.1. The third kappa shape index (κ3) is 4.83. The van der Waals surface area contributed by atoms with Gasteiger partial charge in [-0.2, -0.15) is 0 Å². The molecule has 0 aliphatic carbocycles. The van der Waals surface area contributed by atoms with Gasteiger partial charge in [0.1, 0.15) is 5.75 Å². The molecule has 0 bridgehead atoms. The Labute approximate surface area is 148 Å². The number of anilines is 1. The van der Waals surface area contributed by atoms with Crippen molar-refractivity contribution in [3.8, 4) is 5.75 Å². The van der Waals surface area contributed by atoms with Gasteiger partial charge in [0.2, 0.25) is 0 Å². The van der Waals surface area contributed by atoms with Crippen LogP contribution in [0, 0.1) is 13.8 Å². The molecular formula is C20H23NO4. The minimum absolute atomic E-state index is 0.254. The van der Waals surface area contributed by atoms with Gasteiger partial charge >= 0.3 is 5.97 Å². The molecule has 0 heterocycles. The average molecular weight is 341 g/mol. The number of hydrogen-bond acceptors (Lipinski definition) is 4. The van der Waals surface area contributed by atoms with E-state index in [9.17, 15) is 9.59 Å². The molecule has 0 aromatic heterocycles. The molecule has 0 unspecified atom stereocenters. The Hall–Kier alpha value is -2.82. The van der Waals surface area contributed by atoms with E-state index in [0.29, 0.717) is 23.6 Å². The smallest absolute Gasteiger partial charge is 0.338 e. The predicted molar refractivity (Wildman–Crippen MR) is 97.0 cm³/mol. The number of amides is 1. The van der Waals surface area contributed by atoms with Gasteiger partial charge in [0, 0.05) is 5.69 Å². The Bertz CT molecular complexity index is 770. The molecule has 5 heteroatoms. The maximum absolute atomic E-state index is 12.4. The van der Waals surface area contributed by atoms with Crippen molar-refractivity contribution in [1.82, 2.24) is 0 Å². The predicted octanol–water partition coefficient (Wildman–Crippen LogP) is 3.89. The third-order valence-electron chi connectivity index (χ3n) is 3.76. The second-order valence-electron chi connectivity index (χ2n) is 5.76. The molecule has 0 fully saturated rings. The molecule has 1 amide bonds. The van der Waals surface area contributed by atoms with Crippen LogP contribution in [-0.2, 0) is 9.53 Å².